The summed E-state index contributed by atoms with van der Waals surface area (Å²) in [4.78, 5) is 114. The van der Waals surface area contributed by atoms with Gasteiger partial charge in [0.15, 0.2) is 23.1 Å². The van der Waals surface area contributed by atoms with Crippen LogP contribution in [0.2, 0.25) is 0 Å². The summed E-state index contributed by atoms with van der Waals surface area (Å²) in [5, 5.41) is 49.4. The fraction of sp³-hybridized carbons (Fsp3) is 0.257. The lowest BCUT2D eigenvalue weighted by Crippen LogP contribution is -2.65. The first-order chi connectivity index (χ1) is 44.4. The molecule has 0 unspecified atom stereocenters. The van der Waals surface area contributed by atoms with E-state index in [1.165, 1.54) is 48.5 Å². The number of carbonyl (C=O) groups is 4. The summed E-state index contributed by atoms with van der Waals surface area (Å²) in [6, 6.07) is 48.1. The number of likely N-dealkylation sites (N-methyl/N-ethyl adjacent to an activating group) is 2. The molecule has 0 radical (unpaired) electrons. The van der Waals surface area contributed by atoms with Crippen LogP contribution in [0.4, 0.5) is 22.7 Å². The second kappa shape index (κ2) is 21.6. The van der Waals surface area contributed by atoms with E-state index in [2.05, 4.69) is 19.6 Å². The predicted molar refractivity (Wildman–Crippen MR) is 350 cm³/mol. The number of hydrogen-bond acceptors (Lipinski definition) is 18. The Morgan fingerprint density at radius 1 is 0.435 bits per heavy atom. The Labute approximate surface area is 534 Å². The van der Waals surface area contributed by atoms with Crippen molar-refractivity contribution in [2.75, 3.05) is 63.5 Å². The Bertz CT molecular complexity index is 4340. The number of nitro groups is 4. The van der Waals surface area contributed by atoms with Gasteiger partial charge >= 0.3 is 0 Å². The number of fused-ring (bicyclic) bond motifs is 8. The lowest BCUT2D eigenvalue weighted by Gasteiger charge is -2.51. The number of rotatable bonds is 8. The van der Waals surface area contributed by atoms with Crippen molar-refractivity contribution < 1.29 is 38.9 Å². The Morgan fingerprint density at radius 2 is 0.761 bits per heavy atom. The van der Waals surface area contributed by atoms with Gasteiger partial charge in [-0.3, -0.25) is 69.4 Å². The molecule has 6 heterocycles. The van der Waals surface area contributed by atoms with Crippen molar-refractivity contribution in [3.8, 4) is 0 Å². The highest BCUT2D eigenvalue weighted by Crippen LogP contribution is 2.71. The van der Waals surface area contributed by atoms with E-state index >= 15 is 19.2 Å². The molecule has 0 amide bonds. The molecule has 8 aliphatic rings. The molecule has 8 atom stereocenters. The standard InChI is InChI=1S/2C35H28N4O6S/c2*1-36-17-24(16-21-8-12-25(13-9-21)38(42)43)32(40)34(19-36)31(23-10-14-26(15-11-23)39(44)45)29-18-46-20-37(29)35(34)28-7-3-5-22-4-2-6-27(30(22)28)33(35)41/h2*2-16,29,31H,17-20H2,1H3/b2*24-16+/t2*29-,31-,34-,35-/m10/s1. The zero-order valence-corrected chi connectivity index (χ0v) is 51.2. The molecule has 22 heteroatoms. The van der Waals surface area contributed by atoms with E-state index in [1.807, 2.05) is 86.9 Å². The smallest absolute Gasteiger partial charge is 0.269 e. The minimum atomic E-state index is -1.31. The van der Waals surface area contributed by atoms with E-state index in [9.17, 15) is 40.5 Å². The van der Waals surface area contributed by atoms with Gasteiger partial charge in [0.2, 0.25) is 0 Å². The summed E-state index contributed by atoms with van der Waals surface area (Å²) in [6.45, 7) is 1.29. The van der Waals surface area contributed by atoms with Gasteiger partial charge in [0.25, 0.3) is 22.7 Å². The lowest BCUT2D eigenvalue weighted by molar-refractivity contribution is -0.385. The third kappa shape index (κ3) is 8.13. The van der Waals surface area contributed by atoms with Crippen molar-refractivity contribution in [1.82, 2.24) is 19.6 Å². The number of benzene rings is 8. The Balaban J connectivity index is 0.000000153. The quantitative estimate of drug-likeness (QED) is 0.0778. The normalized spacial score (nSPS) is 28.2. The van der Waals surface area contributed by atoms with Crippen LogP contribution in [-0.4, -0.2) is 138 Å². The number of non-ortho nitro benzene ring substituents is 4. The molecule has 92 heavy (non-hydrogen) atoms. The molecule has 20 nitrogen and oxygen atoms in total. The fourth-order valence-electron chi connectivity index (χ4n) is 17.6. The van der Waals surface area contributed by atoms with Gasteiger partial charge in [0.05, 0.1) is 30.5 Å². The predicted octanol–water partition coefficient (Wildman–Crippen LogP) is 11.6. The van der Waals surface area contributed by atoms with Crippen LogP contribution in [0.15, 0.2) is 181 Å². The first kappa shape index (κ1) is 58.9. The SMILES string of the molecule is CN1C/C(=C\c2ccc([N+](=O)[O-])cc2)C(=O)[C@@]2(C1)[C@H](c1ccc([N+](=O)[O-])cc1)[C@H]1CSCN1[C@]21C(=O)c2cccc3cccc1c23.CN1C/C(=C\c2ccc([N+](=O)[O-])cc2)C(=O)[C@]2(C1)[C@@H](c1ccc([N+](=O)[O-])cc1)[C@@H]1CSCN1[C@@]21C(=O)c2cccc3cccc1c23. The highest BCUT2D eigenvalue weighted by atomic mass is 32.2. The van der Waals surface area contributed by atoms with Crippen LogP contribution in [0, 0.1) is 51.3 Å². The molecule has 0 aromatic heterocycles. The first-order valence-electron chi connectivity index (χ1n) is 30.0. The topological polar surface area (TPSA) is 254 Å². The van der Waals surface area contributed by atoms with E-state index in [0.717, 1.165) is 43.8 Å². The molecular weight excluding hydrogens is 1210 g/mol. The van der Waals surface area contributed by atoms with Crippen molar-refractivity contribution in [3.05, 3.63) is 266 Å². The van der Waals surface area contributed by atoms with Crippen molar-refractivity contribution in [1.29, 1.82) is 0 Å². The number of ketones is 4. The number of carbonyl (C=O) groups excluding carboxylic acids is 4. The van der Waals surface area contributed by atoms with Crippen molar-refractivity contribution in [3.63, 3.8) is 0 Å². The largest absolute Gasteiger partial charge is 0.301 e. The molecule has 6 aliphatic heterocycles. The van der Waals surface area contributed by atoms with Crippen LogP contribution in [-0.2, 0) is 20.7 Å². The van der Waals surface area contributed by atoms with E-state index in [4.69, 9.17) is 0 Å². The van der Waals surface area contributed by atoms with Gasteiger partial charge in [-0.2, -0.15) is 0 Å². The Morgan fingerprint density at radius 3 is 1.10 bits per heavy atom. The summed E-state index contributed by atoms with van der Waals surface area (Å²) >= 11 is 3.46. The van der Waals surface area contributed by atoms with E-state index in [1.54, 1.807) is 84.2 Å². The number of Topliss-reactive ketones (excluding diaryl/α,β-unsaturated/α-hetero) is 4. The molecule has 6 saturated heterocycles. The number of nitrogens with zero attached hydrogens (tertiary/aromatic N) is 8. The summed E-state index contributed by atoms with van der Waals surface area (Å²) < 4.78 is 0. The third-order valence-corrected chi connectivity index (χ3v) is 22.8. The summed E-state index contributed by atoms with van der Waals surface area (Å²) in [5.74, 6) is 1.17. The highest BCUT2D eigenvalue weighted by molar-refractivity contribution is 7.99. The van der Waals surface area contributed by atoms with Crippen molar-refractivity contribution in [2.45, 2.75) is 35.0 Å². The van der Waals surface area contributed by atoms with Gasteiger partial charge in [-0.15, -0.1) is 23.5 Å². The van der Waals surface area contributed by atoms with Crippen LogP contribution in [0.3, 0.4) is 0 Å². The fourth-order valence-corrected chi connectivity index (χ4v) is 20.2. The monoisotopic (exact) mass is 1260 g/mol. The molecule has 4 spiro atoms. The van der Waals surface area contributed by atoms with Gasteiger partial charge in [-0.05, 0) is 105 Å². The van der Waals surface area contributed by atoms with E-state index < -0.39 is 53.4 Å². The average Bonchev–Trinajstić information content (AvgIpc) is 1.48. The molecule has 0 N–H and O–H groups in total. The minimum Gasteiger partial charge on any atom is -0.301 e. The molecule has 6 fully saturated rings. The number of hydrogen-bond donors (Lipinski definition) is 0. The highest BCUT2D eigenvalue weighted by Gasteiger charge is 2.80. The van der Waals surface area contributed by atoms with Gasteiger partial charge in [-0.1, -0.05) is 97.1 Å². The Kier molecular flexibility index (Phi) is 13.8. The molecule has 0 bridgehead atoms. The zero-order valence-electron chi connectivity index (χ0n) is 49.6. The van der Waals surface area contributed by atoms with Crippen LogP contribution in [0.5, 0.6) is 0 Å². The molecule has 8 aromatic rings. The molecular formula is C70H56N8O12S2. The van der Waals surface area contributed by atoms with Gasteiger partial charge < -0.3 is 9.80 Å². The number of likely N-dealkylation sites (tertiary alicyclic amines) is 2. The Hall–Kier alpha value is -9.42. The second-order valence-corrected chi connectivity index (χ2v) is 27.2. The second-order valence-electron chi connectivity index (χ2n) is 25.2. The van der Waals surface area contributed by atoms with Crippen molar-refractivity contribution in [2.24, 2.45) is 10.8 Å². The first-order valence-corrected chi connectivity index (χ1v) is 32.4. The zero-order chi connectivity index (χ0) is 63.9. The van der Waals surface area contributed by atoms with Crippen LogP contribution in [0.25, 0.3) is 33.7 Å². The molecule has 8 aromatic carbocycles. The molecule has 0 saturated carbocycles. The maximum Gasteiger partial charge on any atom is 0.269 e. The summed E-state index contributed by atoms with van der Waals surface area (Å²) in [7, 11) is 3.90. The summed E-state index contributed by atoms with van der Waals surface area (Å²) in [5.41, 5.74) is 1.44. The van der Waals surface area contributed by atoms with E-state index in [-0.39, 0.29) is 58.0 Å². The van der Waals surface area contributed by atoms with Crippen LogP contribution >= 0.6 is 23.5 Å². The molecule has 16 rings (SSSR count). The number of thioether (sulfide) groups is 2. The van der Waals surface area contributed by atoms with Gasteiger partial charge in [0, 0.05) is 144 Å². The van der Waals surface area contributed by atoms with Crippen LogP contribution in [0.1, 0.15) is 65.9 Å². The average molecular weight is 1270 g/mol. The molecule has 2 aliphatic carbocycles. The van der Waals surface area contributed by atoms with Crippen LogP contribution < -0.4 is 0 Å². The maximum atomic E-state index is 15.5. The molecule has 460 valence electrons. The summed E-state index contributed by atoms with van der Waals surface area (Å²) in [6.07, 6.45) is 3.57. The van der Waals surface area contributed by atoms with E-state index in [0.29, 0.717) is 82.8 Å². The van der Waals surface area contributed by atoms with Gasteiger partial charge in [0.1, 0.15) is 11.1 Å². The van der Waals surface area contributed by atoms with Crippen molar-refractivity contribution >= 4 is 103 Å². The minimum absolute atomic E-state index is 0.0388. The number of nitro benzene ring substituents is 4. The van der Waals surface area contributed by atoms with Gasteiger partial charge in [-0.25, -0.2) is 0 Å². The third-order valence-electron chi connectivity index (χ3n) is 20.7. The lowest BCUT2D eigenvalue weighted by atomic mass is 9.55. The number of piperidine rings is 2. The maximum absolute atomic E-state index is 15.5.